The highest BCUT2D eigenvalue weighted by Crippen LogP contribution is 2.31. The van der Waals surface area contributed by atoms with Gasteiger partial charge in [0.25, 0.3) is 0 Å². The molecule has 5 nitrogen and oxygen atoms in total. The topological polar surface area (TPSA) is 88.5 Å². The second-order valence-corrected chi connectivity index (χ2v) is 9.02. The van der Waals surface area contributed by atoms with E-state index in [0.717, 1.165) is 16.3 Å². The van der Waals surface area contributed by atoms with Crippen LogP contribution in [0, 0.1) is 0 Å². The third-order valence-electron chi connectivity index (χ3n) is 4.23. The molecule has 7 heteroatoms. The van der Waals surface area contributed by atoms with Crippen molar-refractivity contribution in [2.45, 2.75) is 17.7 Å². The summed E-state index contributed by atoms with van der Waals surface area (Å²) in [6.45, 7) is 1.57. The Morgan fingerprint density at radius 2 is 1.73 bits per heavy atom. The van der Waals surface area contributed by atoms with Crippen molar-refractivity contribution < 1.29 is 23.1 Å². The number of benzene rings is 2. The highest BCUT2D eigenvalue weighted by Gasteiger charge is 2.20. The number of hydrogen-bond acceptors (Lipinski definition) is 5. The number of aliphatic carboxylic acids is 1. The van der Waals surface area contributed by atoms with Crippen molar-refractivity contribution in [3.8, 4) is 0 Å². The van der Waals surface area contributed by atoms with Gasteiger partial charge in [-0.1, -0.05) is 0 Å². The Labute approximate surface area is 154 Å². The van der Waals surface area contributed by atoms with Crippen LogP contribution in [0.2, 0.25) is 0 Å². The summed E-state index contributed by atoms with van der Waals surface area (Å²) >= 11 is 1.41. The summed E-state index contributed by atoms with van der Waals surface area (Å²) in [4.78, 5) is 24.4. The van der Waals surface area contributed by atoms with Gasteiger partial charge in [-0.05, 0) is 65.7 Å². The fourth-order valence-corrected chi connectivity index (χ4v) is 4.20. The third-order valence-corrected chi connectivity index (χ3v) is 6.33. The number of carboxylic acids is 1. The van der Waals surface area contributed by atoms with Gasteiger partial charge in [-0.25, -0.2) is 8.42 Å². The third kappa shape index (κ3) is 3.40. The highest BCUT2D eigenvalue weighted by atomic mass is 32.2. The van der Waals surface area contributed by atoms with Crippen molar-refractivity contribution >= 4 is 43.0 Å². The quantitative estimate of drug-likeness (QED) is 0.673. The van der Waals surface area contributed by atoms with Crippen LogP contribution in [0.5, 0.6) is 0 Å². The maximum Gasteiger partial charge on any atom is 0.310 e. The summed E-state index contributed by atoms with van der Waals surface area (Å²) in [7, 11) is -3.34. The Kier molecular flexibility index (Phi) is 4.68. The Balaban J connectivity index is 2.10. The molecule has 0 amide bonds. The second-order valence-electron chi connectivity index (χ2n) is 6.09. The zero-order valence-electron chi connectivity index (χ0n) is 14.1. The van der Waals surface area contributed by atoms with Crippen LogP contribution in [-0.4, -0.2) is 31.5 Å². The molecule has 0 spiro atoms. The lowest BCUT2D eigenvalue weighted by Crippen LogP contribution is -2.09. The highest BCUT2D eigenvalue weighted by molar-refractivity contribution is 7.90. The molecule has 0 aliphatic rings. The maximum atomic E-state index is 13.0. The SMILES string of the molecule is CC(C(=O)O)c1cc(C(=O)c2ccc(S(C)(=O)=O)cc2)c2sccc2c1. The van der Waals surface area contributed by atoms with Crippen LogP contribution in [-0.2, 0) is 14.6 Å². The molecule has 0 radical (unpaired) electrons. The van der Waals surface area contributed by atoms with Gasteiger partial charge in [-0.2, -0.15) is 0 Å². The maximum absolute atomic E-state index is 13.0. The minimum atomic E-state index is -3.34. The van der Waals surface area contributed by atoms with Crippen molar-refractivity contribution in [1.82, 2.24) is 0 Å². The van der Waals surface area contributed by atoms with Crippen LogP contribution >= 0.6 is 11.3 Å². The summed E-state index contributed by atoms with van der Waals surface area (Å²) in [5.41, 5.74) is 1.33. The van der Waals surface area contributed by atoms with E-state index >= 15 is 0 Å². The standard InChI is InChI=1S/C19H16O5S2/c1-11(19(21)22)14-9-13-7-8-25-18(13)16(10-14)17(20)12-3-5-15(6-4-12)26(2,23)24/h3-11H,1-2H3,(H,21,22). The molecule has 0 saturated heterocycles. The first-order valence-electron chi connectivity index (χ1n) is 7.77. The van der Waals surface area contributed by atoms with Gasteiger partial charge in [0.05, 0.1) is 10.8 Å². The van der Waals surface area contributed by atoms with Crippen LogP contribution in [0.15, 0.2) is 52.7 Å². The molecule has 1 N–H and O–H groups in total. The lowest BCUT2D eigenvalue weighted by atomic mass is 9.94. The van der Waals surface area contributed by atoms with Gasteiger partial charge in [0.2, 0.25) is 0 Å². The van der Waals surface area contributed by atoms with Crippen molar-refractivity contribution in [3.05, 3.63) is 64.5 Å². The fourth-order valence-electron chi connectivity index (χ4n) is 2.68. The van der Waals surface area contributed by atoms with E-state index < -0.39 is 21.7 Å². The molecule has 0 fully saturated rings. The van der Waals surface area contributed by atoms with Crippen molar-refractivity contribution in [2.75, 3.05) is 6.26 Å². The normalized spacial score (nSPS) is 12.8. The van der Waals surface area contributed by atoms with E-state index in [-0.39, 0.29) is 10.7 Å². The molecule has 0 saturated carbocycles. The molecular weight excluding hydrogens is 372 g/mol. The molecule has 0 bridgehead atoms. The van der Waals surface area contributed by atoms with Gasteiger partial charge in [-0.3, -0.25) is 9.59 Å². The largest absolute Gasteiger partial charge is 0.481 e. The minimum Gasteiger partial charge on any atom is -0.481 e. The molecule has 1 atom stereocenters. The van der Waals surface area contributed by atoms with E-state index in [2.05, 4.69) is 0 Å². The number of ketones is 1. The first-order valence-corrected chi connectivity index (χ1v) is 10.5. The molecule has 0 aliphatic heterocycles. The van der Waals surface area contributed by atoms with E-state index in [9.17, 15) is 23.1 Å². The number of carbonyl (C=O) groups excluding carboxylic acids is 1. The number of carboxylic acid groups (broad SMARTS) is 1. The monoisotopic (exact) mass is 388 g/mol. The van der Waals surface area contributed by atoms with E-state index in [1.807, 2.05) is 11.4 Å². The Morgan fingerprint density at radius 3 is 2.31 bits per heavy atom. The van der Waals surface area contributed by atoms with Gasteiger partial charge >= 0.3 is 5.97 Å². The van der Waals surface area contributed by atoms with Crippen LogP contribution in [0.25, 0.3) is 10.1 Å². The average Bonchev–Trinajstić information content (AvgIpc) is 3.07. The predicted molar refractivity (Wildman–Crippen MR) is 101 cm³/mol. The molecule has 1 unspecified atom stereocenters. The van der Waals surface area contributed by atoms with Crippen molar-refractivity contribution in [1.29, 1.82) is 0 Å². The molecule has 1 heterocycles. The van der Waals surface area contributed by atoms with Crippen LogP contribution in [0.1, 0.15) is 34.3 Å². The number of fused-ring (bicyclic) bond motifs is 1. The molecular formula is C19H16O5S2. The van der Waals surface area contributed by atoms with Gasteiger partial charge in [-0.15, -0.1) is 11.3 Å². The number of carbonyl (C=O) groups is 2. The van der Waals surface area contributed by atoms with Crippen molar-refractivity contribution in [3.63, 3.8) is 0 Å². The molecule has 134 valence electrons. The number of hydrogen-bond donors (Lipinski definition) is 1. The van der Waals surface area contributed by atoms with Crippen LogP contribution in [0.3, 0.4) is 0 Å². The summed E-state index contributed by atoms with van der Waals surface area (Å²) in [5, 5.41) is 11.9. The smallest absolute Gasteiger partial charge is 0.310 e. The summed E-state index contributed by atoms with van der Waals surface area (Å²) in [6.07, 6.45) is 1.11. The molecule has 3 rings (SSSR count). The molecule has 2 aromatic carbocycles. The predicted octanol–water partition coefficient (Wildman–Crippen LogP) is 3.72. The van der Waals surface area contributed by atoms with Gasteiger partial charge in [0.15, 0.2) is 15.6 Å². The van der Waals surface area contributed by atoms with E-state index in [1.165, 1.54) is 35.6 Å². The van der Waals surface area contributed by atoms with Gasteiger partial charge in [0, 0.05) is 22.1 Å². The second kappa shape index (κ2) is 6.66. The Morgan fingerprint density at radius 1 is 1.08 bits per heavy atom. The molecule has 26 heavy (non-hydrogen) atoms. The number of thiophene rings is 1. The zero-order valence-corrected chi connectivity index (χ0v) is 15.7. The van der Waals surface area contributed by atoms with E-state index in [4.69, 9.17) is 0 Å². The van der Waals surface area contributed by atoms with Crippen LogP contribution in [0.4, 0.5) is 0 Å². The number of rotatable bonds is 5. The first-order chi connectivity index (χ1) is 12.2. The molecule has 1 aromatic heterocycles. The summed E-state index contributed by atoms with van der Waals surface area (Å²) < 4.78 is 23.9. The van der Waals surface area contributed by atoms with Gasteiger partial charge < -0.3 is 5.11 Å². The Hall–Kier alpha value is -2.51. The lowest BCUT2D eigenvalue weighted by molar-refractivity contribution is -0.138. The first kappa shape index (κ1) is 18.3. The van der Waals surface area contributed by atoms with E-state index in [1.54, 1.807) is 19.1 Å². The average molecular weight is 388 g/mol. The van der Waals surface area contributed by atoms with Crippen LogP contribution < -0.4 is 0 Å². The minimum absolute atomic E-state index is 0.142. The zero-order chi connectivity index (χ0) is 19.1. The summed E-state index contributed by atoms with van der Waals surface area (Å²) in [6, 6.07) is 11.0. The molecule has 0 aliphatic carbocycles. The Bertz CT molecular complexity index is 1110. The summed E-state index contributed by atoms with van der Waals surface area (Å²) in [5.74, 6) is -1.97. The fraction of sp³-hybridized carbons (Fsp3) is 0.158. The van der Waals surface area contributed by atoms with Gasteiger partial charge in [0.1, 0.15) is 0 Å². The van der Waals surface area contributed by atoms with Crippen molar-refractivity contribution in [2.24, 2.45) is 0 Å². The lowest BCUT2D eigenvalue weighted by Gasteiger charge is -2.11. The number of sulfone groups is 1. The molecule has 3 aromatic rings. The van der Waals surface area contributed by atoms with E-state index in [0.29, 0.717) is 16.7 Å².